The monoisotopic (exact) mass is 376 g/mol. The molecule has 0 saturated heterocycles. The van der Waals surface area contributed by atoms with E-state index in [9.17, 15) is 14.7 Å². The van der Waals surface area contributed by atoms with Crippen LogP contribution in [-0.2, 0) is 9.53 Å². The predicted molar refractivity (Wildman–Crippen MR) is 94.8 cm³/mol. The molecule has 0 radical (unpaired) electrons. The summed E-state index contributed by atoms with van der Waals surface area (Å²) >= 11 is 1.12. The number of aliphatic carboxylic acids is 1. The van der Waals surface area contributed by atoms with Gasteiger partial charge in [-0.15, -0.1) is 11.3 Å². The van der Waals surface area contributed by atoms with Crippen molar-refractivity contribution in [2.75, 3.05) is 6.61 Å². The molecule has 3 rings (SSSR count). The van der Waals surface area contributed by atoms with E-state index in [1.54, 1.807) is 32.3 Å². The molecule has 1 fully saturated rings. The van der Waals surface area contributed by atoms with Crippen LogP contribution in [0.5, 0.6) is 0 Å². The fraction of sp³-hybridized carbons (Fsp3) is 0.471. The Labute approximate surface area is 154 Å². The summed E-state index contributed by atoms with van der Waals surface area (Å²) in [6.07, 6.45) is 4.59. The Morgan fingerprint density at radius 2 is 2.04 bits per heavy atom. The number of amides is 1. The Balaban J connectivity index is 1.80. The van der Waals surface area contributed by atoms with E-state index in [0.29, 0.717) is 22.3 Å². The maximum Gasteiger partial charge on any atom is 0.330 e. The molecule has 1 saturated carbocycles. The Bertz CT molecular complexity index is 823. The maximum atomic E-state index is 12.7. The average Bonchev–Trinajstić information content (AvgIpc) is 3.11. The number of nitrogens with one attached hydrogen (secondary N) is 1. The highest BCUT2D eigenvalue weighted by Gasteiger charge is 2.66. The number of aromatic nitrogens is 3. The lowest BCUT2D eigenvalue weighted by Crippen LogP contribution is -2.76. The topological polar surface area (TPSA) is 114 Å². The average molecular weight is 376 g/mol. The number of hydrogen-bond donors (Lipinski definition) is 2. The molecule has 2 N–H and O–H groups in total. The Morgan fingerprint density at radius 3 is 2.62 bits per heavy atom. The smallest absolute Gasteiger partial charge is 0.330 e. The molecule has 1 amide bonds. The van der Waals surface area contributed by atoms with Gasteiger partial charge in [-0.05, 0) is 13.0 Å². The highest BCUT2D eigenvalue weighted by Crippen LogP contribution is 2.51. The molecule has 0 aliphatic heterocycles. The molecule has 8 nitrogen and oxygen atoms in total. The maximum absolute atomic E-state index is 12.7. The number of ether oxygens (including phenoxy) is 1. The second-order valence-electron chi connectivity index (χ2n) is 6.64. The van der Waals surface area contributed by atoms with Gasteiger partial charge in [0.1, 0.15) is 10.4 Å². The van der Waals surface area contributed by atoms with Gasteiger partial charge in [0, 0.05) is 30.8 Å². The number of carboxylic acid groups (broad SMARTS) is 1. The lowest BCUT2D eigenvalue weighted by atomic mass is 9.54. The van der Waals surface area contributed by atoms with Crippen molar-refractivity contribution in [1.82, 2.24) is 20.3 Å². The molecule has 2 aromatic rings. The first-order chi connectivity index (χ1) is 12.3. The van der Waals surface area contributed by atoms with Crippen LogP contribution in [0.25, 0.3) is 10.8 Å². The van der Waals surface area contributed by atoms with E-state index in [2.05, 4.69) is 20.3 Å². The van der Waals surface area contributed by atoms with Gasteiger partial charge < -0.3 is 15.2 Å². The third-order valence-corrected chi connectivity index (χ3v) is 5.93. The summed E-state index contributed by atoms with van der Waals surface area (Å²) in [6, 6.07) is 1.69. The van der Waals surface area contributed by atoms with Gasteiger partial charge in [-0.25, -0.2) is 19.7 Å². The Morgan fingerprint density at radius 1 is 1.35 bits per heavy atom. The van der Waals surface area contributed by atoms with E-state index in [1.165, 1.54) is 6.20 Å². The lowest BCUT2D eigenvalue weighted by molar-refractivity contribution is -0.190. The summed E-state index contributed by atoms with van der Waals surface area (Å²) in [5.74, 6) is -1.12. The third-order valence-electron chi connectivity index (χ3n) is 4.94. The minimum absolute atomic E-state index is 0.223. The molecule has 2 heterocycles. The van der Waals surface area contributed by atoms with Crippen LogP contribution in [0.1, 0.15) is 36.9 Å². The van der Waals surface area contributed by atoms with Crippen molar-refractivity contribution in [3.63, 3.8) is 0 Å². The second-order valence-corrected chi connectivity index (χ2v) is 7.67. The van der Waals surface area contributed by atoms with Crippen molar-refractivity contribution in [2.24, 2.45) is 5.41 Å². The van der Waals surface area contributed by atoms with Crippen LogP contribution in [0, 0.1) is 5.41 Å². The molecule has 1 aliphatic rings. The van der Waals surface area contributed by atoms with Crippen molar-refractivity contribution >= 4 is 23.2 Å². The number of thiazole rings is 1. The van der Waals surface area contributed by atoms with E-state index in [0.717, 1.165) is 11.3 Å². The van der Waals surface area contributed by atoms with Gasteiger partial charge in [0.15, 0.2) is 10.8 Å². The normalized spacial score (nSPS) is 23.9. The summed E-state index contributed by atoms with van der Waals surface area (Å²) in [6.45, 7) is 5.94. The van der Waals surface area contributed by atoms with Gasteiger partial charge in [0.05, 0.1) is 12.3 Å². The molecule has 26 heavy (non-hydrogen) atoms. The fourth-order valence-corrected chi connectivity index (χ4v) is 3.94. The van der Waals surface area contributed by atoms with E-state index >= 15 is 0 Å². The van der Waals surface area contributed by atoms with Gasteiger partial charge in [0.25, 0.3) is 5.91 Å². The van der Waals surface area contributed by atoms with Crippen LogP contribution in [0.15, 0.2) is 24.7 Å². The van der Waals surface area contributed by atoms with Gasteiger partial charge in [0.2, 0.25) is 0 Å². The lowest BCUT2D eigenvalue weighted by Gasteiger charge is -2.58. The molecule has 0 spiro atoms. The quantitative estimate of drug-likeness (QED) is 0.792. The van der Waals surface area contributed by atoms with Crippen LogP contribution in [0.3, 0.4) is 0 Å². The van der Waals surface area contributed by atoms with E-state index in [1.807, 2.05) is 6.92 Å². The number of nitrogens with zero attached hydrogens (tertiary/aromatic N) is 3. The van der Waals surface area contributed by atoms with Gasteiger partial charge in [-0.1, -0.05) is 13.8 Å². The Kier molecular flexibility index (Phi) is 4.76. The second kappa shape index (κ2) is 6.73. The van der Waals surface area contributed by atoms with E-state index in [-0.39, 0.29) is 12.5 Å². The standard InChI is InChI=1S/C17H20N4O4S/c1-4-25-11-8-17(15(23)24,16(11,2)3)21-13(22)10-9-20-14(26-10)12-18-6-5-7-19-12/h5-7,9,11H,4,8H2,1-3H3,(H,21,22)(H,23,24). The minimum atomic E-state index is -1.38. The third kappa shape index (κ3) is 2.86. The molecular formula is C17H20N4O4S. The first kappa shape index (κ1) is 18.4. The number of carbonyl (C=O) groups is 2. The van der Waals surface area contributed by atoms with Crippen LogP contribution in [0.4, 0.5) is 0 Å². The molecular weight excluding hydrogens is 356 g/mol. The number of carboxylic acids is 1. The van der Waals surface area contributed by atoms with Crippen LogP contribution >= 0.6 is 11.3 Å². The van der Waals surface area contributed by atoms with Crippen LogP contribution in [-0.4, -0.2) is 50.2 Å². The summed E-state index contributed by atoms with van der Waals surface area (Å²) in [4.78, 5) is 37.3. The van der Waals surface area contributed by atoms with Gasteiger partial charge in [-0.3, -0.25) is 4.79 Å². The summed E-state index contributed by atoms with van der Waals surface area (Å²) in [7, 11) is 0. The molecule has 0 aromatic carbocycles. The zero-order valence-electron chi connectivity index (χ0n) is 14.7. The molecule has 0 bridgehead atoms. The fourth-order valence-electron chi connectivity index (χ4n) is 3.18. The van der Waals surface area contributed by atoms with E-state index < -0.39 is 22.8 Å². The molecule has 2 atom stereocenters. The Hall–Kier alpha value is -2.39. The van der Waals surface area contributed by atoms with E-state index in [4.69, 9.17) is 4.74 Å². The van der Waals surface area contributed by atoms with Gasteiger partial charge >= 0.3 is 5.97 Å². The zero-order chi connectivity index (χ0) is 18.9. The van der Waals surface area contributed by atoms with Crippen molar-refractivity contribution in [3.05, 3.63) is 29.5 Å². The first-order valence-electron chi connectivity index (χ1n) is 8.22. The van der Waals surface area contributed by atoms with Crippen LogP contribution in [0.2, 0.25) is 0 Å². The summed E-state index contributed by atoms with van der Waals surface area (Å²) < 4.78 is 5.61. The molecule has 2 unspecified atom stereocenters. The first-order valence-corrected chi connectivity index (χ1v) is 9.04. The zero-order valence-corrected chi connectivity index (χ0v) is 15.5. The largest absolute Gasteiger partial charge is 0.479 e. The number of carbonyl (C=O) groups excluding carboxylic acids is 1. The predicted octanol–water partition coefficient (Wildman–Crippen LogP) is 1.99. The summed E-state index contributed by atoms with van der Waals surface area (Å²) in [5, 5.41) is 13.0. The molecule has 1 aliphatic carbocycles. The van der Waals surface area contributed by atoms with Crippen LogP contribution < -0.4 is 5.32 Å². The van der Waals surface area contributed by atoms with Crippen molar-refractivity contribution in [3.8, 4) is 10.8 Å². The van der Waals surface area contributed by atoms with Crippen molar-refractivity contribution < 1.29 is 19.4 Å². The van der Waals surface area contributed by atoms with Crippen molar-refractivity contribution in [2.45, 2.75) is 38.8 Å². The highest BCUT2D eigenvalue weighted by atomic mass is 32.1. The number of rotatable bonds is 6. The highest BCUT2D eigenvalue weighted by molar-refractivity contribution is 7.16. The number of hydrogen-bond acceptors (Lipinski definition) is 7. The molecule has 9 heteroatoms. The minimum Gasteiger partial charge on any atom is -0.479 e. The van der Waals surface area contributed by atoms with Gasteiger partial charge in [-0.2, -0.15) is 0 Å². The molecule has 2 aromatic heterocycles. The van der Waals surface area contributed by atoms with Crippen molar-refractivity contribution in [1.29, 1.82) is 0 Å². The summed E-state index contributed by atoms with van der Waals surface area (Å²) in [5.41, 5.74) is -2.11. The molecule has 138 valence electrons. The SMILES string of the molecule is CCOC1CC(NC(=O)c2cnc(-c3ncccn3)s2)(C(=O)O)C1(C)C.